The molecule has 3 aliphatic rings. The van der Waals surface area contributed by atoms with Crippen LogP contribution >= 0.6 is 0 Å². The lowest BCUT2D eigenvalue weighted by molar-refractivity contribution is 0.213. The van der Waals surface area contributed by atoms with Gasteiger partial charge >= 0.3 is 0 Å². The molecule has 1 aliphatic carbocycles. The van der Waals surface area contributed by atoms with Gasteiger partial charge in [-0.15, -0.1) is 0 Å². The molecule has 0 N–H and O–H groups in total. The van der Waals surface area contributed by atoms with Gasteiger partial charge in [0.2, 0.25) is 0 Å². The first-order chi connectivity index (χ1) is 13.3. The van der Waals surface area contributed by atoms with Crippen LogP contribution in [-0.2, 0) is 38.9 Å². The van der Waals surface area contributed by atoms with Crippen LogP contribution in [0.4, 0.5) is 0 Å². The van der Waals surface area contributed by atoms with E-state index in [-0.39, 0.29) is 5.56 Å². The van der Waals surface area contributed by atoms with Gasteiger partial charge in [0.05, 0.1) is 17.9 Å². The molecule has 6 heteroatoms. The maximum absolute atomic E-state index is 12.5. The summed E-state index contributed by atoms with van der Waals surface area (Å²) in [6.07, 6.45) is 10.4. The zero-order valence-electron chi connectivity index (χ0n) is 16.1. The predicted octanol–water partition coefficient (Wildman–Crippen LogP) is 2.32. The lowest BCUT2D eigenvalue weighted by Crippen LogP contribution is -2.37. The van der Waals surface area contributed by atoms with Gasteiger partial charge in [-0.1, -0.05) is 0 Å². The topological polar surface area (TPSA) is 56.0 Å². The molecule has 4 heterocycles. The highest BCUT2D eigenvalue weighted by Crippen LogP contribution is 2.23. The van der Waals surface area contributed by atoms with Crippen molar-refractivity contribution in [2.75, 3.05) is 6.54 Å². The van der Waals surface area contributed by atoms with Crippen molar-refractivity contribution in [3.05, 3.63) is 45.1 Å². The van der Waals surface area contributed by atoms with Gasteiger partial charge in [0, 0.05) is 30.9 Å². The van der Waals surface area contributed by atoms with Crippen LogP contribution in [-0.4, -0.2) is 37.0 Å². The summed E-state index contributed by atoms with van der Waals surface area (Å²) in [5, 5.41) is 9.55. The smallest absolute Gasteiger partial charge is 0.267 e. The Bertz CT molecular complexity index is 860. The SMILES string of the molecule is O=c1cc2c(nn1CC1CCCN1Cc1cc3n(n1)CCCC3)CCCC2. The summed E-state index contributed by atoms with van der Waals surface area (Å²) in [6, 6.07) is 4.51. The number of hydrogen-bond donors (Lipinski definition) is 0. The van der Waals surface area contributed by atoms with Crippen molar-refractivity contribution in [1.82, 2.24) is 24.5 Å². The predicted molar refractivity (Wildman–Crippen MR) is 104 cm³/mol. The molecule has 1 atom stereocenters. The fourth-order valence-corrected chi connectivity index (χ4v) is 5.00. The number of rotatable bonds is 4. The second-order valence-corrected chi connectivity index (χ2v) is 8.42. The summed E-state index contributed by atoms with van der Waals surface area (Å²) >= 11 is 0. The van der Waals surface area contributed by atoms with Crippen molar-refractivity contribution in [1.29, 1.82) is 0 Å². The number of fused-ring (bicyclic) bond motifs is 2. The van der Waals surface area contributed by atoms with E-state index in [0.717, 1.165) is 51.0 Å². The molecule has 1 saturated heterocycles. The van der Waals surface area contributed by atoms with Crippen molar-refractivity contribution in [2.24, 2.45) is 0 Å². The molecular formula is C21H29N5O. The first-order valence-corrected chi connectivity index (χ1v) is 10.7. The number of likely N-dealkylation sites (tertiary alicyclic amines) is 1. The normalized spacial score (nSPS) is 22.6. The van der Waals surface area contributed by atoms with Gasteiger partial charge in [0.25, 0.3) is 5.56 Å². The minimum absolute atomic E-state index is 0.0694. The Hall–Kier alpha value is -1.95. The van der Waals surface area contributed by atoms with Crippen molar-refractivity contribution in [3.8, 4) is 0 Å². The zero-order valence-corrected chi connectivity index (χ0v) is 16.1. The van der Waals surface area contributed by atoms with E-state index in [9.17, 15) is 4.79 Å². The largest absolute Gasteiger partial charge is 0.293 e. The molecule has 6 nitrogen and oxygen atoms in total. The van der Waals surface area contributed by atoms with Crippen LogP contribution in [0.1, 0.15) is 61.2 Å². The first kappa shape index (κ1) is 17.2. The molecule has 0 radical (unpaired) electrons. The van der Waals surface area contributed by atoms with E-state index in [0.29, 0.717) is 12.6 Å². The van der Waals surface area contributed by atoms with Crippen LogP contribution < -0.4 is 5.56 Å². The van der Waals surface area contributed by atoms with Gasteiger partial charge in [-0.25, -0.2) is 4.68 Å². The molecule has 0 saturated carbocycles. The van der Waals surface area contributed by atoms with E-state index in [1.807, 2.05) is 6.07 Å². The highest BCUT2D eigenvalue weighted by molar-refractivity contribution is 5.20. The lowest BCUT2D eigenvalue weighted by atomic mass is 9.97. The highest BCUT2D eigenvalue weighted by atomic mass is 16.1. The van der Waals surface area contributed by atoms with Crippen molar-refractivity contribution in [2.45, 2.75) is 83.5 Å². The third kappa shape index (κ3) is 3.47. The molecule has 144 valence electrons. The Kier molecular flexibility index (Phi) is 4.60. The number of aryl methyl sites for hydroxylation is 4. The van der Waals surface area contributed by atoms with Crippen molar-refractivity contribution in [3.63, 3.8) is 0 Å². The van der Waals surface area contributed by atoms with Crippen LogP contribution in [0.2, 0.25) is 0 Å². The van der Waals surface area contributed by atoms with E-state index in [1.54, 1.807) is 4.68 Å². The van der Waals surface area contributed by atoms with E-state index in [4.69, 9.17) is 10.2 Å². The standard InChI is InChI=1S/C21H29N5O/c27-21-12-16-6-1-2-9-20(16)23-26(21)15-19-8-5-10-24(19)14-17-13-18-7-3-4-11-25(18)22-17/h12-13,19H,1-11,14-15H2. The van der Waals surface area contributed by atoms with Crippen LogP contribution in [0.3, 0.4) is 0 Å². The number of aromatic nitrogens is 4. The van der Waals surface area contributed by atoms with Gasteiger partial charge in [0.1, 0.15) is 0 Å². The minimum atomic E-state index is 0.0694. The molecule has 27 heavy (non-hydrogen) atoms. The van der Waals surface area contributed by atoms with Gasteiger partial charge in [-0.3, -0.25) is 14.4 Å². The number of hydrogen-bond acceptors (Lipinski definition) is 4. The first-order valence-electron chi connectivity index (χ1n) is 10.7. The average molecular weight is 367 g/mol. The Morgan fingerprint density at radius 3 is 2.78 bits per heavy atom. The maximum Gasteiger partial charge on any atom is 0.267 e. The molecular weight excluding hydrogens is 338 g/mol. The summed E-state index contributed by atoms with van der Waals surface area (Å²) in [7, 11) is 0. The fourth-order valence-electron chi connectivity index (χ4n) is 5.00. The quantitative estimate of drug-likeness (QED) is 0.832. The molecule has 0 bridgehead atoms. The van der Waals surface area contributed by atoms with Gasteiger partial charge in [-0.05, 0) is 76.0 Å². The van der Waals surface area contributed by atoms with Gasteiger partial charge in [0.15, 0.2) is 0 Å². The van der Waals surface area contributed by atoms with E-state index in [1.165, 1.54) is 49.1 Å². The van der Waals surface area contributed by atoms with E-state index in [2.05, 4.69) is 15.6 Å². The van der Waals surface area contributed by atoms with Crippen LogP contribution in [0.5, 0.6) is 0 Å². The molecule has 1 fully saturated rings. The Morgan fingerprint density at radius 1 is 0.963 bits per heavy atom. The third-order valence-corrected chi connectivity index (χ3v) is 6.49. The molecule has 0 amide bonds. The molecule has 5 rings (SSSR count). The third-order valence-electron chi connectivity index (χ3n) is 6.49. The molecule has 2 aromatic heterocycles. The zero-order chi connectivity index (χ0) is 18.2. The molecule has 0 aromatic carbocycles. The Morgan fingerprint density at radius 2 is 1.85 bits per heavy atom. The fraction of sp³-hybridized carbons (Fsp3) is 0.667. The maximum atomic E-state index is 12.5. The second-order valence-electron chi connectivity index (χ2n) is 8.42. The minimum Gasteiger partial charge on any atom is -0.293 e. The van der Waals surface area contributed by atoms with Gasteiger partial charge in [-0.2, -0.15) is 10.2 Å². The summed E-state index contributed by atoms with van der Waals surface area (Å²) in [5.41, 5.74) is 4.96. The van der Waals surface area contributed by atoms with Crippen LogP contribution in [0, 0.1) is 0 Å². The average Bonchev–Trinajstić information content (AvgIpc) is 3.29. The van der Waals surface area contributed by atoms with E-state index >= 15 is 0 Å². The highest BCUT2D eigenvalue weighted by Gasteiger charge is 2.27. The number of nitrogens with zero attached hydrogens (tertiary/aromatic N) is 5. The summed E-state index contributed by atoms with van der Waals surface area (Å²) in [4.78, 5) is 15.0. The van der Waals surface area contributed by atoms with Crippen LogP contribution in [0.25, 0.3) is 0 Å². The van der Waals surface area contributed by atoms with Crippen molar-refractivity contribution >= 4 is 0 Å². The lowest BCUT2D eigenvalue weighted by Gasteiger charge is -2.24. The van der Waals surface area contributed by atoms with Crippen LogP contribution in [0.15, 0.2) is 16.9 Å². The second kappa shape index (κ2) is 7.23. The summed E-state index contributed by atoms with van der Waals surface area (Å²) in [5.74, 6) is 0. The summed E-state index contributed by atoms with van der Waals surface area (Å²) in [6.45, 7) is 3.75. The summed E-state index contributed by atoms with van der Waals surface area (Å²) < 4.78 is 3.92. The monoisotopic (exact) mass is 367 g/mol. The molecule has 2 aromatic rings. The van der Waals surface area contributed by atoms with E-state index < -0.39 is 0 Å². The molecule has 2 aliphatic heterocycles. The van der Waals surface area contributed by atoms with Crippen molar-refractivity contribution < 1.29 is 0 Å². The molecule has 1 unspecified atom stereocenters. The Labute approximate surface area is 160 Å². The Balaban J connectivity index is 1.31. The molecule has 0 spiro atoms. The van der Waals surface area contributed by atoms with Gasteiger partial charge < -0.3 is 0 Å².